The molecule has 0 spiro atoms. The van der Waals surface area contributed by atoms with E-state index >= 15 is 0 Å². The fourth-order valence-electron chi connectivity index (χ4n) is 1.76. The van der Waals surface area contributed by atoms with Gasteiger partial charge in [-0.1, -0.05) is 23.2 Å². The maximum absolute atomic E-state index is 6.22. The Hall–Kier alpha value is -0.150. The van der Waals surface area contributed by atoms with Crippen molar-refractivity contribution in [2.45, 2.75) is 33.2 Å². The van der Waals surface area contributed by atoms with E-state index in [9.17, 15) is 0 Å². The van der Waals surface area contributed by atoms with Crippen LogP contribution < -0.4 is 10.5 Å². The lowest BCUT2D eigenvalue weighted by atomic mass is 9.98. The number of benzene rings is 1. The predicted molar refractivity (Wildman–Crippen MR) is 77.1 cm³/mol. The molecular formula is C12H18Cl3NO. The van der Waals surface area contributed by atoms with Crippen molar-refractivity contribution in [2.24, 2.45) is 5.73 Å². The van der Waals surface area contributed by atoms with Crippen molar-refractivity contribution in [2.75, 3.05) is 7.11 Å². The SMILES string of the molecule is COc1c(Cl)c(C)c(Cl)c(C)c1CC(C)N.Cl. The number of halogens is 3. The van der Waals surface area contributed by atoms with Crippen molar-refractivity contribution in [3.8, 4) is 5.75 Å². The van der Waals surface area contributed by atoms with Crippen LogP contribution in [0.4, 0.5) is 0 Å². The van der Waals surface area contributed by atoms with E-state index in [1.165, 1.54) is 0 Å². The smallest absolute Gasteiger partial charge is 0.141 e. The fraction of sp³-hybridized carbons (Fsp3) is 0.500. The van der Waals surface area contributed by atoms with E-state index in [2.05, 4.69) is 0 Å². The van der Waals surface area contributed by atoms with E-state index in [1.54, 1.807) is 7.11 Å². The normalized spacial score (nSPS) is 11.9. The van der Waals surface area contributed by atoms with Gasteiger partial charge in [0, 0.05) is 16.6 Å². The van der Waals surface area contributed by atoms with Gasteiger partial charge in [0.1, 0.15) is 5.75 Å². The summed E-state index contributed by atoms with van der Waals surface area (Å²) in [5.74, 6) is 0.693. The second-order valence-corrected chi connectivity index (χ2v) is 4.83. The number of hydrogen-bond acceptors (Lipinski definition) is 2. The van der Waals surface area contributed by atoms with E-state index in [0.717, 1.165) is 16.7 Å². The molecule has 0 fully saturated rings. The minimum absolute atomic E-state index is 0. The summed E-state index contributed by atoms with van der Waals surface area (Å²) in [5.41, 5.74) is 8.66. The molecule has 2 nitrogen and oxygen atoms in total. The number of ether oxygens (including phenoxy) is 1. The molecule has 1 rings (SSSR count). The first-order valence-corrected chi connectivity index (χ1v) is 5.92. The minimum atomic E-state index is 0. The van der Waals surface area contributed by atoms with Crippen LogP contribution in [0.5, 0.6) is 5.75 Å². The Morgan fingerprint density at radius 3 is 2.12 bits per heavy atom. The molecule has 17 heavy (non-hydrogen) atoms. The van der Waals surface area contributed by atoms with Crippen molar-refractivity contribution in [1.29, 1.82) is 0 Å². The largest absolute Gasteiger partial charge is 0.495 e. The van der Waals surface area contributed by atoms with Crippen LogP contribution in [-0.2, 0) is 6.42 Å². The number of rotatable bonds is 3. The van der Waals surface area contributed by atoms with Gasteiger partial charge in [-0.3, -0.25) is 0 Å². The highest BCUT2D eigenvalue weighted by atomic mass is 35.5. The predicted octanol–water partition coefficient (Wildman–Crippen LogP) is 3.93. The Labute approximate surface area is 119 Å². The van der Waals surface area contributed by atoms with Crippen LogP contribution in [0.2, 0.25) is 10.0 Å². The highest BCUT2D eigenvalue weighted by Crippen LogP contribution is 2.39. The Morgan fingerprint density at radius 1 is 1.18 bits per heavy atom. The van der Waals surface area contributed by atoms with Crippen LogP contribution in [0.15, 0.2) is 0 Å². The molecule has 0 aliphatic rings. The fourth-order valence-corrected chi connectivity index (χ4v) is 2.31. The summed E-state index contributed by atoms with van der Waals surface area (Å²) in [6.07, 6.45) is 0.703. The molecule has 0 aliphatic heterocycles. The molecule has 0 amide bonds. The highest BCUT2D eigenvalue weighted by molar-refractivity contribution is 6.37. The van der Waals surface area contributed by atoms with E-state index < -0.39 is 0 Å². The summed E-state index contributed by atoms with van der Waals surface area (Å²) < 4.78 is 5.35. The monoisotopic (exact) mass is 297 g/mol. The number of hydrogen-bond donors (Lipinski definition) is 1. The second kappa shape index (κ2) is 6.69. The summed E-state index contributed by atoms with van der Waals surface area (Å²) in [5, 5.41) is 1.27. The molecule has 1 unspecified atom stereocenters. The molecule has 1 aromatic rings. The summed E-state index contributed by atoms with van der Waals surface area (Å²) in [6, 6.07) is 0.0439. The van der Waals surface area contributed by atoms with Crippen LogP contribution >= 0.6 is 35.6 Å². The van der Waals surface area contributed by atoms with Crippen molar-refractivity contribution in [1.82, 2.24) is 0 Å². The lowest BCUT2D eigenvalue weighted by Gasteiger charge is -2.18. The van der Waals surface area contributed by atoms with E-state index in [1.807, 2.05) is 20.8 Å². The molecule has 5 heteroatoms. The third-order valence-electron chi connectivity index (χ3n) is 2.64. The van der Waals surface area contributed by atoms with Gasteiger partial charge in [-0.2, -0.15) is 0 Å². The van der Waals surface area contributed by atoms with E-state index in [0.29, 0.717) is 22.2 Å². The van der Waals surface area contributed by atoms with Gasteiger partial charge in [0.2, 0.25) is 0 Å². The topological polar surface area (TPSA) is 35.2 Å². The number of methoxy groups -OCH3 is 1. The Kier molecular flexibility index (Phi) is 6.64. The minimum Gasteiger partial charge on any atom is -0.495 e. The van der Waals surface area contributed by atoms with Crippen molar-refractivity contribution < 1.29 is 4.74 Å². The first-order valence-electron chi connectivity index (χ1n) is 5.16. The Morgan fingerprint density at radius 2 is 1.71 bits per heavy atom. The van der Waals surface area contributed by atoms with E-state index in [4.69, 9.17) is 33.7 Å². The zero-order valence-corrected chi connectivity index (χ0v) is 12.8. The van der Waals surface area contributed by atoms with Crippen molar-refractivity contribution in [3.05, 3.63) is 26.7 Å². The molecule has 0 saturated carbocycles. The molecule has 0 heterocycles. The van der Waals surface area contributed by atoms with Crippen LogP contribution in [0, 0.1) is 13.8 Å². The summed E-state index contributed by atoms with van der Waals surface area (Å²) in [6.45, 7) is 5.79. The van der Waals surface area contributed by atoms with Gasteiger partial charge in [-0.05, 0) is 38.3 Å². The quantitative estimate of drug-likeness (QED) is 0.917. The third-order valence-corrected chi connectivity index (χ3v) is 3.67. The van der Waals surface area contributed by atoms with Crippen LogP contribution in [-0.4, -0.2) is 13.2 Å². The molecule has 1 aromatic carbocycles. The van der Waals surface area contributed by atoms with Crippen molar-refractivity contribution >= 4 is 35.6 Å². The summed E-state index contributed by atoms with van der Waals surface area (Å²) in [7, 11) is 1.61. The zero-order chi connectivity index (χ0) is 12.5. The second-order valence-electron chi connectivity index (χ2n) is 4.07. The molecule has 0 aliphatic carbocycles. The zero-order valence-electron chi connectivity index (χ0n) is 10.4. The number of nitrogens with two attached hydrogens (primary N) is 1. The van der Waals surface area contributed by atoms with Gasteiger partial charge in [0.15, 0.2) is 0 Å². The molecular weight excluding hydrogens is 280 g/mol. The molecule has 1 atom stereocenters. The van der Waals surface area contributed by atoms with Crippen LogP contribution in [0.3, 0.4) is 0 Å². The molecule has 0 radical (unpaired) electrons. The van der Waals surface area contributed by atoms with Gasteiger partial charge in [0.25, 0.3) is 0 Å². The van der Waals surface area contributed by atoms with Gasteiger partial charge >= 0.3 is 0 Å². The molecule has 0 aromatic heterocycles. The third kappa shape index (κ3) is 3.41. The van der Waals surface area contributed by atoms with Gasteiger partial charge in [-0.15, -0.1) is 12.4 Å². The van der Waals surface area contributed by atoms with Gasteiger partial charge in [0.05, 0.1) is 12.1 Å². The van der Waals surface area contributed by atoms with Gasteiger partial charge in [-0.25, -0.2) is 0 Å². The average Bonchev–Trinajstić information content (AvgIpc) is 2.23. The average molecular weight is 299 g/mol. The lowest BCUT2D eigenvalue weighted by Crippen LogP contribution is -2.19. The molecule has 2 N–H and O–H groups in total. The maximum Gasteiger partial charge on any atom is 0.141 e. The Bertz CT molecular complexity index is 405. The van der Waals surface area contributed by atoms with Gasteiger partial charge < -0.3 is 10.5 Å². The lowest BCUT2D eigenvalue weighted by molar-refractivity contribution is 0.408. The van der Waals surface area contributed by atoms with Crippen molar-refractivity contribution in [3.63, 3.8) is 0 Å². The molecule has 0 saturated heterocycles. The van der Waals surface area contributed by atoms with Crippen LogP contribution in [0.1, 0.15) is 23.6 Å². The standard InChI is InChI=1S/C12H17Cl2NO.ClH/c1-6(15)5-9-7(2)10(13)8(3)11(14)12(9)16-4;/h6H,5,15H2,1-4H3;1H. The first-order chi connectivity index (χ1) is 7.40. The van der Waals surface area contributed by atoms with E-state index in [-0.39, 0.29) is 18.4 Å². The molecule has 0 bridgehead atoms. The summed E-state index contributed by atoms with van der Waals surface area (Å²) in [4.78, 5) is 0. The molecule has 98 valence electrons. The first kappa shape index (κ1) is 16.9. The van der Waals surface area contributed by atoms with Crippen LogP contribution in [0.25, 0.3) is 0 Å². The Balaban J connectivity index is 0.00000256. The summed E-state index contributed by atoms with van der Waals surface area (Å²) >= 11 is 12.4. The highest BCUT2D eigenvalue weighted by Gasteiger charge is 2.18. The maximum atomic E-state index is 6.22.